The van der Waals surface area contributed by atoms with Gasteiger partial charge >= 0.3 is 0 Å². The van der Waals surface area contributed by atoms with E-state index >= 15 is 0 Å². The number of benzene rings is 1. The quantitative estimate of drug-likeness (QED) is 0.804. The van der Waals surface area contributed by atoms with Crippen LogP contribution in [0.15, 0.2) is 30.3 Å². The van der Waals surface area contributed by atoms with Gasteiger partial charge in [0.15, 0.2) is 0 Å². The Morgan fingerprint density at radius 2 is 2.00 bits per heavy atom. The first kappa shape index (κ1) is 9.37. The van der Waals surface area contributed by atoms with Crippen LogP contribution in [0.3, 0.4) is 0 Å². The first-order valence-corrected chi connectivity index (χ1v) is 5.79. The van der Waals surface area contributed by atoms with Gasteiger partial charge in [0.2, 0.25) is 0 Å². The van der Waals surface area contributed by atoms with Crippen molar-refractivity contribution in [3.8, 4) is 0 Å². The Hall–Kier alpha value is -0.860. The molecule has 1 aliphatic carbocycles. The van der Waals surface area contributed by atoms with E-state index in [1.165, 1.54) is 25.1 Å². The lowest BCUT2D eigenvalue weighted by atomic mass is 9.93. The van der Waals surface area contributed by atoms with Gasteiger partial charge in [-0.05, 0) is 24.4 Å². The normalized spacial score (nSPS) is 27.7. The highest BCUT2D eigenvalue weighted by atomic mass is 15.2. The molecular formula is C13H18N2. The summed E-state index contributed by atoms with van der Waals surface area (Å²) in [5.41, 5.74) is 7.77. The highest BCUT2D eigenvalue weighted by Gasteiger charge is 2.59. The van der Waals surface area contributed by atoms with Crippen LogP contribution in [0.5, 0.6) is 0 Å². The molecule has 2 N–H and O–H groups in total. The number of nitrogens with two attached hydrogens (primary N) is 1. The number of hydrogen-bond donors (Lipinski definition) is 1. The number of hydrogen-bond acceptors (Lipinski definition) is 2. The van der Waals surface area contributed by atoms with Gasteiger partial charge in [-0.25, -0.2) is 0 Å². The zero-order chi connectivity index (χ0) is 10.3. The highest BCUT2D eigenvalue weighted by Crippen LogP contribution is 2.58. The third kappa shape index (κ3) is 1.58. The molecule has 1 saturated heterocycles. The van der Waals surface area contributed by atoms with E-state index in [1.54, 1.807) is 0 Å². The van der Waals surface area contributed by atoms with Crippen molar-refractivity contribution in [2.75, 3.05) is 19.6 Å². The SMILES string of the molecule is NCC1CC12CN(Cc1ccccc1)C2. The molecule has 1 saturated carbocycles. The molecule has 1 heterocycles. The minimum absolute atomic E-state index is 0.642. The number of nitrogens with zero attached hydrogens (tertiary/aromatic N) is 1. The Balaban J connectivity index is 1.53. The number of rotatable bonds is 3. The first-order chi connectivity index (χ1) is 7.32. The Kier molecular flexibility index (Phi) is 2.08. The average molecular weight is 202 g/mol. The monoisotopic (exact) mass is 202 g/mol. The predicted octanol–water partition coefficient (Wildman–Crippen LogP) is 1.47. The minimum atomic E-state index is 0.642. The summed E-state index contributed by atoms with van der Waals surface area (Å²) in [7, 11) is 0. The van der Waals surface area contributed by atoms with Crippen LogP contribution in [-0.2, 0) is 6.54 Å². The molecule has 2 aliphatic rings. The van der Waals surface area contributed by atoms with Gasteiger partial charge in [0.1, 0.15) is 0 Å². The highest BCUT2D eigenvalue weighted by molar-refractivity contribution is 5.18. The van der Waals surface area contributed by atoms with Crippen molar-refractivity contribution in [3.63, 3.8) is 0 Å². The zero-order valence-corrected chi connectivity index (χ0v) is 9.02. The second kappa shape index (κ2) is 3.32. The standard InChI is InChI=1S/C13H18N2/c14-7-12-6-13(12)9-15(10-13)8-11-4-2-1-3-5-11/h1-5,12H,6-10,14H2. The lowest BCUT2D eigenvalue weighted by molar-refractivity contribution is 0.0623. The van der Waals surface area contributed by atoms with Crippen LogP contribution < -0.4 is 5.73 Å². The summed E-state index contributed by atoms with van der Waals surface area (Å²) in [5, 5.41) is 0. The molecule has 3 rings (SSSR count). The van der Waals surface area contributed by atoms with Crippen LogP contribution in [0.4, 0.5) is 0 Å². The molecule has 1 aromatic carbocycles. The summed E-state index contributed by atoms with van der Waals surface area (Å²) < 4.78 is 0. The molecule has 1 unspecified atom stereocenters. The lowest BCUT2D eigenvalue weighted by Gasteiger charge is -2.41. The summed E-state index contributed by atoms with van der Waals surface area (Å²) in [5.74, 6) is 0.824. The topological polar surface area (TPSA) is 29.3 Å². The van der Waals surface area contributed by atoms with E-state index in [-0.39, 0.29) is 0 Å². The van der Waals surface area contributed by atoms with Crippen LogP contribution in [0, 0.1) is 11.3 Å². The molecule has 80 valence electrons. The predicted molar refractivity (Wildman–Crippen MR) is 61.3 cm³/mol. The summed E-state index contributed by atoms with van der Waals surface area (Å²) in [6, 6.07) is 10.7. The van der Waals surface area contributed by atoms with E-state index in [2.05, 4.69) is 35.2 Å². The largest absolute Gasteiger partial charge is 0.330 e. The molecule has 1 atom stereocenters. The second-order valence-corrected chi connectivity index (χ2v) is 5.13. The van der Waals surface area contributed by atoms with Crippen LogP contribution in [0.1, 0.15) is 12.0 Å². The van der Waals surface area contributed by atoms with E-state index in [9.17, 15) is 0 Å². The summed E-state index contributed by atoms with van der Waals surface area (Å²) in [4.78, 5) is 2.53. The Morgan fingerprint density at radius 1 is 1.27 bits per heavy atom. The van der Waals surface area contributed by atoms with Crippen LogP contribution in [0.25, 0.3) is 0 Å². The van der Waals surface area contributed by atoms with Gasteiger partial charge in [0, 0.05) is 25.0 Å². The third-order valence-corrected chi connectivity index (χ3v) is 3.97. The van der Waals surface area contributed by atoms with Crippen LogP contribution >= 0.6 is 0 Å². The van der Waals surface area contributed by atoms with E-state index in [0.29, 0.717) is 5.41 Å². The second-order valence-electron chi connectivity index (χ2n) is 5.13. The molecule has 1 aliphatic heterocycles. The maximum atomic E-state index is 5.70. The molecule has 2 nitrogen and oxygen atoms in total. The Morgan fingerprint density at radius 3 is 2.60 bits per heavy atom. The minimum Gasteiger partial charge on any atom is -0.330 e. The van der Waals surface area contributed by atoms with Crippen molar-refractivity contribution in [1.29, 1.82) is 0 Å². The van der Waals surface area contributed by atoms with Gasteiger partial charge in [-0.2, -0.15) is 0 Å². The molecule has 0 radical (unpaired) electrons. The van der Waals surface area contributed by atoms with Crippen molar-refractivity contribution < 1.29 is 0 Å². The van der Waals surface area contributed by atoms with Gasteiger partial charge in [-0.15, -0.1) is 0 Å². The van der Waals surface area contributed by atoms with Crippen LogP contribution in [0.2, 0.25) is 0 Å². The van der Waals surface area contributed by atoms with E-state index in [0.717, 1.165) is 19.0 Å². The zero-order valence-electron chi connectivity index (χ0n) is 9.02. The number of likely N-dealkylation sites (tertiary alicyclic amines) is 1. The van der Waals surface area contributed by atoms with E-state index in [1.807, 2.05) is 0 Å². The van der Waals surface area contributed by atoms with Crippen molar-refractivity contribution in [2.24, 2.45) is 17.1 Å². The summed E-state index contributed by atoms with van der Waals surface area (Å²) >= 11 is 0. The lowest BCUT2D eigenvalue weighted by Crippen LogP contribution is -2.49. The van der Waals surface area contributed by atoms with Crippen molar-refractivity contribution >= 4 is 0 Å². The molecule has 2 fully saturated rings. The molecule has 0 bridgehead atoms. The fourth-order valence-electron chi connectivity index (χ4n) is 2.95. The molecular weight excluding hydrogens is 184 g/mol. The Bertz CT molecular complexity index is 341. The van der Waals surface area contributed by atoms with Gasteiger partial charge in [0.05, 0.1) is 0 Å². The van der Waals surface area contributed by atoms with Gasteiger partial charge in [0.25, 0.3) is 0 Å². The molecule has 0 aromatic heterocycles. The summed E-state index contributed by atoms with van der Waals surface area (Å²) in [6.45, 7) is 4.53. The van der Waals surface area contributed by atoms with Gasteiger partial charge in [-0.3, -0.25) is 4.90 Å². The molecule has 15 heavy (non-hydrogen) atoms. The third-order valence-electron chi connectivity index (χ3n) is 3.97. The van der Waals surface area contributed by atoms with Crippen molar-refractivity contribution in [2.45, 2.75) is 13.0 Å². The van der Waals surface area contributed by atoms with Gasteiger partial charge in [-0.1, -0.05) is 30.3 Å². The molecule has 1 aromatic rings. The Labute approximate surface area is 91.1 Å². The summed E-state index contributed by atoms with van der Waals surface area (Å²) in [6.07, 6.45) is 1.37. The molecule has 0 amide bonds. The van der Waals surface area contributed by atoms with Gasteiger partial charge < -0.3 is 5.73 Å². The molecule has 2 heteroatoms. The maximum Gasteiger partial charge on any atom is 0.0234 e. The fourth-order valence-corrected chi connectivity index (χ4v) is 2.95. The average Bonchev–Trinajstić information content (AvgIpc) is 2.93. The van der Waals surface area contributed by atoms with Crippen LogP contribution in [-0.4, -0.2) is 24.5 Å². The van der Waals surface area contributed by atoms with Crippen molar-refractivity contribution in [3.05, 3.63) is 35.9 Å². The first-order valence-electron chi connectivity index (χ1n) is 5.79. The maximum absolute atomic E-state index is 5.70. The van der Waals surface area contributed by atoms with E-state index < -0.39 is 0 Å². The smallest absolute Gasteiger partial charge is 0.0234 e. The van der Waals surface area contributed by atoms with E-state index in [4.69, 9.17) is 5.73 Å². The molecule has 1 spiro atoms. The van der Waals surface area contributed by atoms with Crippen molar-refractivity contribution in [1.82, 2.24) is 4.90 Å². The fraction of sp³-hybridized carbons (Fsp3) is 0.538.